The molecule has 1 saturated carbocycles. The van der Waals surface area contributed by atoms with Gasteiger partial charge in [-0.25, -0.2) is 9.18 Å². The smallest absolute Gasteiger partial charge is 0.335 e. The van der Waals surface area contributed by atoms with Gasteiger partial charge in [-0.2, -0.15) is 0 Å². The van der Waals surface area contributed by atoms with Crippen molar-refractivity contribution in [3.05, 3.63) is 53.3 Å². The highest BCUT2D eigenvalue weighted by Gasteiger charge is 2.23. The quantitative estimate of drug-likeness (QED) is 0.789. The highest BCUT2D eigenvalue weighted by Crippen LogP contribution is 2.32. The Morgan fingerprint density at radius 2 is 2.00 bits per heavy atom. The Kier molecular flexibility index (Phi) is 5.06. The molecule has 1 fully saturated rings. The maximum Gasteiger partial charge on any atom is 0.335 e. The Bertz CT molecular complexity index is 848. The Balaban J connectivity index is 1.84. The van der Waals surface area contributed by atoms with Crippen molar-refractivity contribution in [2.45, 2.75) is 12.8 Å². The zero-order valence-corrected chi connectivity index (χ0v) is 14.1. The van der Waals surface area contributed by atoms with Gasteiger partial charge in [-0.1, -0.05) is 0 Å². The van der Waals surface area contributed by atoms with Crippen LogP contribution in [0, 0.1) is 11.7 Å². The van der Waals surface area contributed by atoms with Crippen LogP contribution in [0.25, 0.3) is 0 Å². The molecule has 0 radical (unpaired) electrons. The predicted octanol–water partition coefficient (Wildman–Crippen LogP) is 3.57. The number of amides is 1. The lowest BCUT2D eigenvalue weighted by Crippen LogP contribution is -2.16. The lowest BCUT2D eigenvalue weighted by Gasteiger charge is -2.13. The molecule has 7 heteroatoms. The van der Waals surface area contributed by atoms with Crippen LogP contribution < -0.4 is 14.8 Å². The molecule has 26 heavy (non-hydrogen) atoms. The molecule has 136 valence electrons. The molecule has 0 bridgehead atoms. The molecule has 0 aromatic heterocycles. The standard InChI is InChI=1S/C19H18FNO5/c1-25-13-5-6-14(17(9-13)26-10-11-2-3-11)18(22)21-16-8-12(19(23)24)4-7-15(16)20/h4-9,11H,2-3,10H2,1H3,(H,21,22)(H,23,24). The van der Waals surface area contributed by atoms with Crippen molar-refractivity contribution in [1.82, 2.24) is 0 Å². The van der Waals surface area contributed by atoms with E-state index in [4.69, 9.17) is 14.6 Å². The molecular weight excluding hydrogens is 341 g/mol. The highest BCUT2D eigenvalue weighted by molar-refractivity contribution is 6.06. The lowest BCUT2D eigenvalue weighted by molar-refractivity contribution is 0.0696. The molecule has 0 aliphatic heterocycles. The van der Waals surface area contributed by atoms with E-state index in [-0.39, 0.29) is 16.8 Å². The zero-order chi connectivity index (χ0) is 18.7. The van der Waals surface area contributed by atoms with E-state index in [1.54, 1.807) is 12.1 Å². The summed E-state index contributed by atoms with van der Waals surface area (Å²) in [7, 11) is 1.51. The van der Waals surface area contributed by atoms with Crippen LogP contribution in [0.15, 0.2) is 36.4 Å². The van der Waals surface area contributed by atoms with Crippen molar-refractivity contribution in [2.75, 3.05) is 19.0 Å². The second-order valence-corrected chi connectivity index (χ2v) is 6.07. The fourth-order valence-corrected chi connectivity index (χ4v) is 2.37. The number of carbonyl (C=O) groups is 2. The Labute approximate surface area is 149 Å². The van der Waals surface area contributed by atoms with Gasteiger partial charge in [-0.05, 0) is 49.1 Å². The van der Waals surface area contributed by atoms with Crippen LogP contribution in [0.2, 0.25) is 0 Å². The molecule has 6 nitrogen and oxygen atoms in total. The summed E-state index contributed by atoms with van der Waals surface area (Å²) < 4.78 is 24.8. The second-order valence-electron chi connectivity index (χ2n) is 6.07. The number of carboxylic acids is 1. The van der Waals surface area contributed by atoms with E-state index in [0.717, 1.165) is 31.0 Å². The van der Waals surface area contributed by atoms with Crippen LogP contribution >= 0.6 is 0 Å². The van der Waals surface area contributed by atoms with Crippen molar-refractivity contribution >= 4 is 17.6 Å². The topological polar surface area (TPSA) is 84.9 Å². The zero-order valence-electron chi connectivity index (χ0n) is 14.1. The molecule has 3 rings (SSSR count). The van der Waals surface area contributed by atoms with Crippen LogP contribution in [0.5, 0.6) is 11.5 Å². The average Bonchev–Trinajstić information content (AvgIpc) is 3.45. The largest absolute Gasteiger partial charge is 0.497 e. The highest BCUT2D eigenvalue weighted by atomic mass is 19.1. The Morgan fingerprint density at radius 3 is 2.65 bits per heavy atom. The van der Waals surface area contributed by atoms with Gasteiger partial charge in [0.05, 0.1) is 30.5 Å². The predicted molar refractivity (Wildman–Crippen MR) is 92.5 cm³/mol. The SMILES string of the molecule is COc1ccc(C(=O)Nc2cc(C(=O)O)ccc2F)c(OCC2CC2)c1. The molecule has 0 atom stereocenters. The summed E-state index contributed by atoms with van der Waals surface area (Å²) in [4.78, 5) is 23.6. The summed E-state index contributed by atoms with van der Waals surface area (Å²) >= 11 is 0. The van der Waals surface area contributed by atoms with Gasteiger partial charge in [0.15, 0.2) is 0 Å². The number of rotatable bonds is 7. The van der Waals surface area contributed by atoms with Crippen LogP contribution in [0.3, 0.4) is 0 Å². The van der Waals surface area contributed by atoms with E-state index in [2.05, 4.69) is 5.32 Å². The van der Waals surface area contributed by atoms with Gasteiger partial charge in [-0.15, -0.1) is 0 Å². The van der Waals surface area contributed by atoms with Crippen LogP contribution in [0.4, 0.5) is 10.1 Å². The molecule has 0 saturated heterocycles. The summed E-state index contributed by atoms with van der Waals surface area (Å²) in [6.07, 6.45) is 2.19. The molecule has 2 N–H and O–H groups in total. The van der Waals surface area contributed by atoms with Crippen molar-refractivity contribution in [2.24, 2.45) is 5.92 Å². The first-order chi connectivity index (χ1) is 12.5. The van der Waals surface area contributed by atoms with Gasteiger partial charge in [0.2, 0.25) is 0 Å². The van der Waals surface area contributed by atoms with E-state index in [0.29, 0.717) is 24.0 Å². The van der Waals surface area contributed by atoms with Gasteiger partial charge in [0.1, 0.15) is 17.3 Å². The van der Waals surface area contributed by atoms with Gasteiger partial charge in [-0.3, -0.25) is 4.79 Å². The minimum atomic E-state index is -1.21. The summed E-state index contributed by atoms with van der Waals surface area (Å²) in [5.74, 6) is -1.17. The first kappa shape index (κ1) is 17.7. The van der Waals surface area contributed by atoms with Crippen molar-refractivity contribution in [3.63, 3.8) is 0 Å². The van der Waals surface area contributed by atoms with Gasteiger partial charge in [0, 0.05) is 6.07 Å². The van der Waals surface area contributed by atoms with E-state index in [9.17, 15) is 14.0 Å². The van der Waals surface area contributed by atoms with E-state index in [1.165, 1.54) is 13.2 Å². The normalized spacial score (nSPS) is 13.2. The van der Waals surface area contributed by atoms with Crippen LogP contribution in [-0.4, -0.2) is 30.7 Å². The minimum absolute atomic E-state index is 0.123. The summed E-state index contributed by atoms with van der Waals surface area (Å²) in [5.41, 5.74) is -0.118. The fraction of sp³-hybridized carbons (Fsp3) is 0.263. The van der Waals surface area contributed by atoms with E-state index >= 15 is 0 Å². The first-order valence-corrected chi connectivity index (χ1v) is 8.13. The number of ether oxygens (including phenoxy) is 2. The number of hydrogen-bond acceptors (Lipinski definition) is 4. The lowest BCUT2D eigenvalue weighted by atomic mass is 10.1. The van der Waals surface area contributed by atoms with Gasteiger partial charge >= 0.3 is 5.97 Å². The number of aromatic carboxylic acids is 1. The summed E-state index contributed by atoms with van der Waals surface area (Å²) in [6.45, 7) is 0.496. The van der Waals surface area contributed by atoms with Crippen molar-refractivity contribution < 1.29 is 28.6 Å². The number of anilines is 1. The number of methoxy groups -OCH3 is 1. The second kappa shape index (κ2) is 7.43. The first-order valence-electron chi connectivity index (χ1n) is 8.13. The molecule has 1 aliphatic carbocycles. The number of nitrogens with one attached hydrogen (secondary N) is 1. The summed E-state index contributed by atoms with van der Waals surface area (Å²) in [6, 6.07) is 7.92. The van der Waals surface area contributed by atoms with Crippen LogP contribution in [-0.2, 0) is 0 Å². The third-order valence-electron chi connectivity index (χ3n) is 4.07. The molecule has 2 aromatic rings. The van der Waals surface area contributed by atoms with Crippen molar-refractivity contribution in [1.29, 1.82) is 0 Å². The van der Waals surface area contributed by atoms with Crippen LogP contribution in [0.1, 0.15) is 33.6 Å². The number of benzene rings is 2. The third kappa shape index (κ3) is 4.11. The molecule has 0 spiro atoms. The number of carboxylic acid groups (broad SMARTS) is 1. The molecule has 0 heterocycles. The number of halogens is 1. The van der Waals surface area contributed by atoms with E-state index < -0.39 is 17.7 Å². The Morgan fingerprint density at radius 1 is 1.23 bits per heavy atom. The monoisotopic (exact) mass is 359 g/mol. The van der Waals surface area contributed by atoms with Crippen molar-refractivity contribution in [3.8, 4) is 11.5 Å². The minimum Gasteiger partial charge on any atom is -0.497 e. The molecule has 2 aromatic carbocycles. The number of carbonyl (C=O) groups excluding carboxylic acids is 1. The average molecular weight is 359 g/mol. The van der Waals surface area contributed by atoms with Gasteiger partial charge in [0.25, 0.3) is 5.91 Å². The number of hydrogen-bond donors (Lipinski definition) is 2. The maximum atomic E-state index is 13.9. The molecular formula is C19H18FNO5. The Hall–Kier alpha value is -3.09. The van der Waals surface area contributed by atoms with Gasteiger partial charge < -0.3 is 19.9 Å². The molecule has 1 aliphatic rings. The summed E-state index contributed by atoms with van der Waals surface area (Å²) in [5, 5.41) is 11.4. The molecule has 1 amide bonds. The fourth-order valence-electron chi connectivity index (χ4n) is 2.37. The third-order valence-corrected chi connectivity index (χ3v) is 4.07. The molecule has 0 unspecified atom stereocenters. The van der Waals surface area contributed by atoms with E-state index in [1.807, 2.05) is 0 Å². The maximum absolute atomic E-state index is 13.9.